The summed E-state index contributed by atoms with van der Waals surface area (Å²) in [5.41, 5.74) is 1.25. The predicted octanol–water partition coefficient (Wildman–Crippen LogP) is 3.46. The van der Waals surface area contributed by atoms with E-state index in [1.807, 2.05) is 6.07 Å². The molecule has 2 aromatic heterocycles. The van der Waals surface area contributed by atoms with Gasteiger partial charge in [0.25, 0.3) is 5.91 Å². The van der Waals surface area contributed by atoms with Gasteiger partial charge in [-0.25, -0.2) is 13.4 Å². The monoisotopic (exact) mass is 425 g/mol. The van der Waals surface area contributed by atoms with Crippen molar-refractivity contribution in [2.75, 3.05) is 6.54 Å². The Hall–Kier alpha value is -3.39. The largest absolute Gasteiger partial charge is 0.459 e. The minimum Gasteiger partial charge on any atom is -0.459 e. The molecule has 8 heteroatoms. The zero-order valence-electron chi connectivity index (χ0n) is 16.5. The van der Waals surface area contributed by atoms with Crippen LogP contribution in [0.4, 0.5) is 0 Å². The number of nitrogens with zero attached hydrogens (tertiary/aromatic N) is 3. The maximum atomic E-state index is 13.0. The number of hydrogen-bond acceptors (Lipinski definition) is 5. The van der Waals surface area contributed by atoms with Crippen LogP contribution < -0.4 is 0 Å². The summed E-state index contributed by atoms with van der Waals surface area (Å²) in [7, 11) is -3.69. The van der Waals surface area contributed by atoms with E-state index in [0.29, 0.717) is 11.3 Å². The minimum absolute atomic E-state index is 0.0507. The van der Waals surface area contributed by atoms with E-state index in [4.69, 9.17) is 4.42 Å². The number of furan rings is 1. The third-order valence-electron chi connectivity index (χ3n) is 4.41. The Morgan fingerprint density at radius 2 is 1.90 bits per heavy atom. The van der Waals surface area contributed by atoms with Crippen molar-refractivity contribution < 1.29 is 17.6 Å². The molecular weight excluding hydrogens is 402 g/mol. The Morgan fingerprint density at radius 3 is 2.53 bits per heavy atom. The normalized spacial score (nSPS) is 11.2. The van der Waals surface area contributed by atoms with E-state index < -0.39 is 9.84 Å². The van der Waals surface area contributed by atoms with Crippen LogP contribution in [0.15, 0.2) is 89.8 Å². The molecule has 0 saturated carbocycles. The summed E-state index contributed by atoms with van der Waals surface area (Å²) in [4.78, 5) is 18.4. The van der Waals surface area contributed by atoms with E-state index in [0.717, 1.165) is 0 Å². The zero-order chi connectivity index (χ0) is 21.6. The molecule has 0 N–H and O–H groups in total. The van der Waals surface area contributed by atoms with Gasteiger partial charge < -0.3 is 13.9 Å². The van der Waals surface area contributed by atoms with Gasteiger partial charge >= 0.3 is 0 Å². The van der Waals surface area contributed by atoms with Crippen molar-refractivity contribution in [3.63, 3.8) is 0 Å². The molecular formula is C22H23N3O4S. The van der Waals surface area contributed by atoms with E-state index in [9.17, 15) is 13.2 Å². The highest BCUT2D eigenvalue weighted by Crippen LogP contribution is 2.19. The number of allylic oxidation sites excluding steroid dienone is 1. The van der Waals surface area contributed by atoms with Crippen molar-refractivity contribution in [2.24, 2.45) is 0 Å². The van der Waals surface area contributed by atoms with Gasteiger partial charge in [-0.1, -0.05) is 42.5 Å². The quantitative estimate of drug-likeness (QED) is 0.464. The summed E-state index contributed by atoms with van der Waals surface area (Å²) < 4.78 is 32.8. The van der Waals surface area contributed by atoms with Gasteiger partial charge in [0.1, 0.15) is 0 Å². The molecule has 156 valence electrons. The average Bonchev–Trinajstić information content (AvgIpc) is 3.39. The zero-order valence-corrected chi connectivity index (χ0v) is 17.3. The smallest absolute Gasteiger partial charge is 0.290 e. The molecule has 1 aromatic carbocycles. The summed E-state index contributed by atoms with van der Waals surface area (Å²) in [6.07, 6.45) is 6.10. The van der Waals surface area contributed by atoms with E-state index in [1.165, 1.54) is 17.4 Å². The van der Waals surface area contributed by atoms with Gasteiger partial charge in [0.05, 0.1) is 30.5 Å². The van der Waals surface area contributed by atoms with Gasteiger partial charge in [-0.15, -0.1) is 13.2 Å². The number of aromatic nitrogens is 2. The molecule has 30 heavy (non-hydrogen) atoms. The van der Waals surface area contributed by atoms with Crippen molar-refractivity contribution in [3.05, 3.63) is 97.3 Å². The lowest BCUT2D eigenvalue weighted by molar-refractivity contribution is 0.0727. The fourth-order valence-corrected chi connectivity index (χ4v) is 4.58. The number of carbonyl (C=O) groups excluding carboxylic acids is 1. The molecule has 1 amide bonds. The first-order valence-electron chi connectivity index (χ1n) is 9.32. The van der Waals surface area contributed by atoms with E-state index in [2.05, 4.69) is 18.1 Å². The highest BCUT2D eigenvalue weighted by molar-refractivity contribution is 7.90. The summed E-state index contributed by atoms with van der Waals surface area (Å²) >= 11 is 0. The minimum atomic E-state index is -3.69. The highest BCUT2D eigenvalue weighted by atomic mass is 32.2. The van der Waals surface area contributed by atoms with Gasteiger partial charge in [-0.2, -0.15) is 0 Å². The van der Waals surface area contributed by atoms with Crippen LogP contribution in [0.2, 0.25) is 0 Å². The lowest BCUT2D eigenvalue weighted by atomic mass is 10.2. The second-order valence-corrected chi connectivity index (χ2v) is 8.51. The van der Waals surface area contributed by atoms with E-state index in [-0.39, 0.29) is 42.2 Å². The van der Waals surface area contributed by atoms with Gasteiger partial charge in [-0.3, -0.25) is 4.79 Å². The molecule has 0 spiro atoms. The molecule has 2 heterocycles. The first-order chi connectivity index (χ1) is 14.5. The van der Waals surface area contributed by atoms with Crippen LogP contribution in [-0.4, -0.2) is 35.3 Å². The van der Waals surface area contributed by atoms with Gasteiger partial charge in [-0.05, 0) is 17.7 Å². The molecule has 3 rings (SSSR count). The van der Waals surface area contributed by atoms with Crippen LogP contribution in [0.1, 0.15) is 21.8 Å². The fraction of sp³-hybridized carbons (Fsp3) is 0.182. The second kappa shape index (κ2) is 9.41. The molecule has 0 aliphatic heterocycles. The number of hydrogen-bond donors (Lipinski definition) is 0. The Kier molecular flexibility index (Phi) is 6.68. The molecule has 0 unspecified atom stereocenters. The lowest BCUT2D eigenvalue weighted by Crippen LogP contribution is -2.31. The molecule has 0 saturated heterocycles. The number of benzene rings is 1. The fourth-order valence-electron chi connectivity index (χ4n) is 3.08. The van der Waals surface area contributed by atoms with E-state index in [1.54, 1.807) is 53.1 Å². The predicted molar refractivity (Wildman–Crippen MR) is 113 cm³/mol. The second-order valence-electron chi connectivity index (χ2n) is 6.63. The van der Waals surface area contributed by atoms with Crippen LogP contribution in [0.5, 0.6) is 0 Å². The van der Waals surface area contributed by atoms with Crippen molar-refractivity contribution in [1.29, 1.82) is 0 Å². The maximum absolute atomic E-state index is 13.0. The number of sulfone groups is 1. The first kappa shape index (κ1) is 21.3. The maximum Gasteiger partial charge on any atom is 0.290 e. The summed E-state index contributed by atoms with van der Waals surface area (Å²) in [6, 6.07) is 12.1. The average molecular weight is 426 g/mol. The van der Waals surface area contributed by atoms with Crippen LogP contribution >= 0.6 is 0 Å². The Balaban J connectivity index is 1.92. The van der Waals surface area contributed by atoms with Gasteiger partial charge in [0, 0.05) is 13.1 Å². The summed E-state index contributed by atoms with van der Waals surface area (Å²) in [6.45, 7) is 8.08. The van der Waals surface area contributed by atoms with Crippen LogP contribution in [-0.2, 0) is 28.7 Å². The lowest BCUT2D eigenvalue weighted by Gasteiger charge is -2.21. The Labute approximate surface area is 175 Å². The molecule has 7 nitrogen and oxygen atoms in total. The third-order valence-corrected chi connectivity index (χ3v) is 6.01. The summed E-state index contributed by atoms with van der Waals surface area (Å²) in [5.74, 6) is -0.285. The first-order valence-corrected chi connectivity index (χ1v) is 11.0. The van der Waals surface area contributed by atoms with Crippen molar-refractivity contribution >= 4 is 15.7 Å². The topological polar surface area (TPSA) is 85.4 Å². The van der Waals surface area contributed by atoms with Crippen molar-refractivity contribution in [2.45, 2.75) is 24.0 Å². The number of imidazole rings is 1. The molecule has 3 aromatic rings. The van der Waals surface area contributed by atoms with E-state index >= 15 is 0 Å². The SMILES string of the molecule is C=CCN(Cc1cnc(S(=O)(=O)Cc2ccccc2)n1CC=C)C(=O)c1ccco1. The molecule has 0 aliphatic rings. The number of rotatable bonds is 10. The van der Waals surface area contributed by atoms with Crippen LogP contribution in [0.25, 0.3) is 0 Å². The van der Waals surface area contributed by atoms with Gasteiger partial charge in [0.15, 0.2) is 5.76 Å². The summed E-state index contributed by atoms with van der Waals surface area (Å²) in [5, 5.41) is -0.0507. The molecule has 0 fully saturated rings. The molecule has 0 atom stereocenters. The number of carbonyl (C=O) groups is 1. The van der Waals surface area contributed by atoms with Gasteiger partial charge in [0.2, 0.25) is 15.0 Å². The van der Waals surface area contributed by atoms with Crippen LogP contribution in [0, 0.1) is 0 Å². The number of amides is 1. The van der Waals surface area contributed by atoms with Crippen LogP contribution in [0.3, 0.4) is 0 Å². The Bertz CT molecular complexity index is 1120. The Morgan fingerprint density at radius 1 is 1.13 bits per heavy atom. The highest BCUT2D eigenvalue weighted by Gasteiger charge is 2.25. The van der Waals surface area contributed by atoms with Crippen molar-refractivity contribution in [3.8, 4) is 0 Å². The standard InChI is InChI=1S/C22H23N3O4S/c1-3-12-24(21(26)20-11-8-14-29-20)16-19-15-23-22(25(19)13-4-2)30(27,28)17-18-9-6-5-7-10-18/h3-11,14-15H,1-2,12-13,16-17H2. The molecule has 0 bridgehead atoms. The third kappa shape index (κ3) is 4.77. The molecule has 0 aliphatic carbocycles. The van der Waals surface area contributed by atoms with Crippen molar-refractivity contribution in [1.82, 2.24) is 14.5 Å². The molecule has 0 radical (unpaired) electrons.